The molecule has 1 atom stereocenters. The smallest absolute Gasteiger partial charge is 0.312 e. The highest BCUT2D eigenvalue weighted by Crippen LogP contribution is 2.08. The van der Waals surface area contributed by atoms with Crippen LogP contribution in [0.2, 0.25) is 0 Å². The molecule has 1 aromatic rings. The van der Waals surface area contributed by atoms with Gasteiger partial charge >= 0.3 is 5.97 Å². The summed E-state index contributed by atoms with van der Waals surface area (Å²) in [6.07, 6.45) is 0.583. The monoisotopic (exact) mass is 219 g/mol. The summed E-state index contributed by atoms with van der Waals surface area (Å²) in [6.45, 7) is 4.20. The van der Waals surface area contributed by atoms with Gasteiger partial charge in [-0.05, 0) is 18.9 Å². The molecule has 0 saturated carbocycles. The van der Waals surface area contributed by atoms with Gasteiger partial charge in [0.1, 0.15) is 0 Å². The maximum absolute atomic E-state index is 10.9. The van der Waals surface area contributed by atoms with Crippen LogP contribution in [0.15, 0.2) is 35.3 Å². The Morgan fingerprint density at radius 2 is 2.00 bits per heavy atom. The fourth-order valence-electron chi connectivity index (χ4n) is 1.56. The van der Waals surface area contributed by atoms with Gasteiger partial charge in [-0.25, -0.2) is 0 Å². The molecule has 0 radical (unpaired) electrons. The third-order valence-corrected chi connectivity index (χ3v) is 2.56. The molecule has 16 heavy (non-hydrogen) atoms. The zero-order valence-corrected chi connectivity index (χ0v) is 9.68. The molecule has 0 heterocycles. The number of nitrogens with zero attached hydrogens (tertiary/aromatic N) is 1. The molecule has 0 fully saturated rings. The van der Waals surface area contributed by atoms with E-state index in [2.05, 4.69) is 4.99 Å². The summed E-state index contributed by atoms with van der Waals surface area (Å²) in [4.78, 5) is 15.2. The predicted octanol–water partition coefficient (Wildman–Crippen LogP) is 2.76. The molecule has 0 amide bonds. The van der Waals surface area contributed by atoms with Gasteiger partial charge in [-0.3, -0.25) is 9.79 Å². The van der Waals surface area contributed by atoms with Crippen LogP contribution in [0.3, 0.4) is 0 Å². The molecule has 0 saturated heterocycles. The Kier molecular flexibility index (Phi) is 4.70. The summed E-state index contributed by atoms with van der Waals surface area (Å²) in [6, 6.07) is 9.83. The largest absolute Gasteiger partial charge is 0.481 e. The predicted molar refractivity (Wildman–Crippen MR) is 64.7 cm³/mol. The number of carbonyl (C=O) groups is 1. The highest BCUT2D eigenvalue weighted by Gasteiger charge is 2.17. The van der Waals surface area contributed by atoms with E-state index in [1.165, 1.54) is 0 Å². The Labute approximate surface area is 95.8 Å². The van der Waals surface area contributed by atoms with E-state index in [-0.39, 0.29) is 0 Å². The molecule has 86 valence electrons. The van der Waals surface area contributed by atoms with E-state index in [1.807, 2.05) is 37.3 Å². The topological polar surface area (TPSA) is 49.7 Å². The summed E-state index contributed by atoms with van der Waals surface area (Å²) in [7, 11) is 0. The van der Waals surface area contributed by atoms with Crippen molar-refractivity contribution < 1.29 is 9.90 Å². The third-order valence-electron chi connectivity index (χ3n) is 2.56. The van der Waals surface area contributed by atoms with Crippen LogP contribution >= 0.6 is 0 Å². The molecule has 0 aliphatic carbocycles. The van der Waals surface area contributed by atoms with Crippen molar-refractivity contribution in [1.82, 2.24) is 0 Å². The minimum atomic E-state index is -0.795. The van der Waals surface area contributed by atoms with Gasteiger partial charge in [0, 0.05) is 5.71 Å². The Morgan fingerprint density at radius 3 is 2.50 bits per heavy atom. The maximum atomic E-state index is 10.9. The normalized spacial score (nSPS) is 13.5. The summed E-state index contributed by atoms with van der Waals surface area (Å²) < 4.78 is 0. The van der Waals surface area contributed by atoms with Crippen molar-refractivity contribution in [3.63, 3.8) is 0 Å². The second-order valence-electron chi connectivity index (χ2n) is 3.74. The van der Waals surface area contributed by atoms with Crippen LogP contribution in [-0.2, 0) is 11.3 Å². The summed E-state index contributed by atoms with van der Waals surface area (Å²) in [5, 5.41) is 8.96. The van der Waals surface area contributed by atoms with Gasteiger partial charge < -0.3 is 5.11 Å². The van der Waals surface area contributed by atoms with Crippen LogP contribution in [0.5, 0.6) is 0 Å². The standard InChI is InChI=1S/C13H17NO2/c1-3-12(13(15)16)10(2)14-9-11-7-5-4-6-8-11/h4-8,12H,3,9H2,1-2H3,(H,15,16). The lowest BCUT2D eigenvalue weighted by Gasteiger charge is -2.09. The zero-order chi connectivity index (χ0) is 12.0. The van der Waals surface area contributed by atoms with Gasteiger partial charge in [-0.2, -0.15) is 0 Å². The quantitative estimate of drug-likeness (QED) is 0.774. The van der Waals surface area contributed by atoms with Crippen LogP contribution in [0.1, 0.15) is 25.8 Å². The van der Waals surface area contributed by atoms with Gasteiger partial charge in [0.2, 0.25) is 0 Å². The first kappa shape index (κ1) is 12.4. The number of hydrogen-bond donors (Lipinski definition) is 1. The number of rotatable bonds is 5. The summed E-state index contributed by atoms with van der Waals surface area (Å²) >= 11 is 0. The summed E-state index contributed by atoms with van der Waals surface area (Å²) in [5.74, 6) is -1.25. The fraction of sp³-hybridized carbons (Fsp3) is 0.385. The molecule has 1 unspecified atom stereocenters. The molecular weight excluding hydrogens is 202 g/mol. The molecule has 0 aliphatic heterocycles. The number of hydrogen-bond acceptors (Lipinski definition) is 2. The zero-order valence-electron chi connectivity index (χ0n) is 9.68. The van der Waals surface area contributed by atoms with E-state index in [9.17, 15) is 4.79 Å². The first-order valence-electron chi connectivity index (χ1n) is 5.42. The van der Waals surface area contributed by atoms with E-state index in [0.717, 1.165) is 5.56 Å². The Balaban J connectivity index is 2.67. The summed E-state index contributed by atoms with van der Waals surface area (Å²) in [5.41, 5.74) is 1.79. The second kappa shape index (κ2) is 6.05. The maximum Gasteiger partial charge on any atom is 0.312 e. The van der Waals surface area contributed by atoms with E-state index in [4.69, 9.17) is 5.11 Å². The van der Waals surface area contributed by atoms with E-state index >= 15 is 0 Å². The number of aliphatic imine (C=N–C) groups is 1. The van der Waals surface area contributed by atoms with Gasteiger partial charge in [0.25, 0.3) is 0 Å². The first-order valence-corrected chi connectivity index (χ1v) is 5.42. The van der Waals surface area contributed by atoms with Crippen molar-refractivity contribution in [3.8, 4) is 0 Å². The lowest BCUT2D eigenvalue weighted by molar-refractivity contribution is -0.139. The van der Waals surface area contributed by atoms with Crippen molar-refractivity contribution in [2.45, 2.75) is 26.8 Å². The van der Waals surface area contributed by atoms with Crippen molar-refractivity contribution in [1.29, 1.82) is 0 Å². The van der Waals surface area contributed by atoms with Crippen molar-refractivity contribution in [2.24, 2.45) is 10.9 Å². The molecule has 0 bridgehead atoms. The van der Waals surface area contributed by atoms with Gasteiger partial charge in [-0.1, -0.05) is 37.3 Å². The molecule has 0 aliphatic rings. The number of carboxylic acid groups (broad SMARTS) is 1. The SMILES string of the molecule is CCC(C(=O)O)C(C)=NCc1ccccc1. The van der Waals surface area contributed by atoms with E-state index in [1.54, 1.807) is 6.92 Å². The van der Waals surface area contributed by atoms with Crippen molar-refractivity contribution in [2.75, 3.05) is 0 Å². The third kappa shape index (κ3) is 3.50. The second-order valence-corrected chi connectivity index (χ2v) is 3.74. The molecule has 0 spiro atoms. The van der Waals surface area contributed by atoms with Gasteiger partial charge in [0.15, 0.2) is 0 Å². The van der Waals surface area contributed by atoms with Crippen LogP contribution < -0.4 is 0 Å². The Hall–Kier alpha value is -1.64. The molecule has 1 aromatic carbocycles. The van der Waals surface area contributed by atoms with Crippen LogP contribution in [0, 0.1) is 5.92 Å². The van der Waals surface area contributed by atoms with Gasteiger partial charge in [0.05, 0.1) is 12.5 Å². The number of carboxylic acids is 1. The fourth-order valence-corrected chi connectivity index (χ4v) is 1.56. The molecule has 1 rings (SSSR count). The minimum Gasteiger partial charge on any atom is -0.481 e. The van der Waals surface area contributed by atoms with Crippen LogP contribution in [0.25, 0.3) is 0 Å². The van der Waals surface area contributed by atoms with Crippen molar-refractivity contribution in [3.05, 3.63) is 35.9 Å². The first-order chi connectivity index (χ1) is 7.65. The van der Waals surface area contributed by atoms with Crippen molar-refractivity contribution >= 4 is 11.7 Å². The van der Waals surface area contributed by atoms with Gasteiger partial charge in [-0.15, -0.1) is 0 Å². The minimum absolute atomic E-state index is 0.455. The average Bonchev–Trinajstić information content (AvgIpc) is 2.28. The van der Waals surface area contributed by atoms with E-state index in [0.29, 0.717) is 18.7 Å². The molecule has 0 aromatic heterocycles. The van der Waals surface area contributed by atoms with E-state index < -0.39 is 11.9 Å². The lowest BCUT2D eigenvalue weighted by atomic mass is 10.0. The Morgan fingerprint density at radius 1 is 1.38 bits per heavy atom. The highest BCUT2D eigenvalue weighted by molar-refractivity contribution is 6.00. The number of benzene rings is 1. The molecule has 3 nitrogen and oxygen atoms in total. The molecular formula is C13H17NO2. The average molecular weight is 219 g/mol. The highest BCUT2D eigenvalue weighted by atomic mass is 16.4. The van der Waals surface area contributed by atoms with Crippen LogP contribution in [-0.4, -0.2) is 16.8 Å². The molecule has 3 heteroatoms. The molecule has 1 N–H and O–H groups in total. The Bertz CT molecular complexity index is 371. The number of aliphatic carboxylic acids is 1. The van der Waals surface area contributed by atoms with Crippen LogP contribution in [0.4, 0.5) is 0 Å². The lowest BCUT2D eigenvalue weighted by Crippen LogP contribution is -2.20.